The van der Waals surface area contributed by atoms with Crippen molar-refractivity contribution in [2.24, 2.45) is 34.5 Å². The lowest BCUT2D eigenvalue weighted by atomic mass is 9.47. The SMILES string of the molecule is CC(=O)N1c2ccc(Br)cc2[C@@H](C)[C@H]2[C@H]1C[C@H]1[C@@H]3CC=C4C[C@@H](O)CC[C@]4(C)[C@H]3CC[C@]21C. The van der Waals surface area contributed by atoms with Crippen molar-refractivity contribution in [2.75, 3.05) is 4.90 Å². The number of carbonyl (C=O) groups is 1. The van der Waals surface area contributed by atoms with Crippen LogP contribution in [0.2, 0.25) is 0 Å². The first kappa shape index (κ1) is 22.3. The van der Waals surface area contributed by atoms with Crippen LogP contribution in [0, 0.1) is 34.5 Å². The third-order valence-electron chi connectivity index (χ3n) is 11.1. The van der Waals surface area contributed by atoms with Crippen molar-refractivity contribution in [3.63, 3.8) is 0 Å². The summed E-state index contributed by atoms with van der Waals surface area (Å²) in [6.45, 7) is 9.26. The Morgan fingerprint density at radius 3 is 2.73 bits per heavy atom. The number of fused-ring (bicyclic) bond motifs is 8. The molecule has 0 saturated heterocycles. The van der Waals surface area contributed by atoms with E-state index in [0.717, 1.165) is 48.2 Å². The number of benzene rings is 1. The van der Waals surface area contributed by atoms with Crippen molar-refractivity contribution < 1.29 is 9.90 Å². The van der Waals surface area contributed by atoms with Crippen LogP contribution in [0.3, 0.4) is 0 Å². The number of aliphatic hydroxyl groups is 1. The van der Waals surface area contributed by atoms with Crippen LogP contribution in [0.5, 0.6) is 0 Å². The Morgan fingerprint density at radius 2 is 1.97 bits per heavy atom. The molecule has 5 aliphatic rings. The number of allylic oxidation sites excluding steroid dienone is 1. The zero-order chi connectivity index (χ0) is 23.3. The predicted molar refractivity (Wildman–Crippen MR) is 136 cm³/mol. The zero-order valence-corrected chi connectivity index (χ0v) is 22.1. The highest BCUT2D eigenvalue weighted by molar-refractivity contribution is 9.10. The van der Waals surface area contributed by atoms with Crippen LogP contribution in [0.4, 0.5) is 5.69 Å². The van der Waals surface area contributed by atoms with Crippen LogP contribution in [0.15, 0.2) is 34.3 Å². The maximum absolute atomic E-state index is 13.0. The fourth-order valence-corrected chi connectivity index (χ4v) is 10.1. The van der Waals surface area contributed by atoms with Gasteiger partial charge < -0.3 is 10.0 Å². The predicted octanol–water partition coefficient (Wildman–Crippen LogP) is 6.84. The van der Waals surface area contributed by atoms with Gasteiger partial charge in [0.05, 0.1) is 6.10 Å². The van der Waals surface area contributed by atoms with E-state index in [9.17, 15) is 9.90 Å². The maximum Gasteiger partial charge on any atom is 0.224 e. The van der Waals surface area contributed by atoms with E-state index in [1.54, 1.807) is 6.92 Å². The van der Waals surface area contributed by atoms with E-state index in [4.69, 9.17) is 0 Å². The van der Waals surface area contributed by atoms with Gasteiger partial charge in [0.1, 0.15) is 0 Å². The lowest BCUT2D eigenvalue weighted by Crippen LogP contribution is -2.52. The van der Waals surface area contributed by atoms with Gasteiger partial charge in [-0.05, 0) is 109 Å². The summed E-state index contributed by atoms with van der Waals surface area (Å²) in [5.41, 5.74) is 4.55. The molecule has 9 atom stereocenters. The van der Waals surface area contributed by atoms with Gasteiger partial charge in [-0.25, -0.2) is 0 Å². The molecule has 0 spiro atoms. The molecule has 1 aromatic rings. The van der Waals surface area contributed by atoms with Crippen LogP contribution in [-0.2, 0) is 4.79 Å². The average Bonchev–Trinajstić information content (AvgIpc) is 3.07. The molecule has 3 nitrogen and oxygen atoms in total. The quantitative estimate of drug-likeness (QED) is 0.387. The highest BCUT2D eigenvalue weighted by Gasteiger charge is 2.64. The summed E-state index contributed by atoms with van der Waals surface area (Å²) >= 11 is 3.69. The van der Waals surface area contributed by atoms with E-state index in [1.807, 2.05) is 0 Å². The molecule has 0 unspecified atom stereocenters. The Bertz CT molecular complexity index is 1030. The molecule has 0 bridgehead atoms. The van der Waals surface area contributed by atoms with Crippen molar-refractivity contribution in [1.82, 2.24) is 0 Å². The van der Waals surface area contributed by atoms with Gasteiger partial charge in [-0.2, -0.15) is 0 Å². The van der Waals surface area contributed by atoms with Crippen molar-refractivity contribution >= 4 is 27.5 Å². The largest absolute Gasteiger partial charge is 0.393 e. The third kappa shape index (κ3) is 2.98. The summed E-state index contributed by atoms with van der Waals surface area (Å²) in [7, 11) is 0. The van der Waals surface area contributed by atoms with Gasteiger partial charge in [0.15, 0.2) is 0 Å². The van der Waals surface area contributed by atoms with Gasteiger partial charge in [0, 0.05) is 23.1 Å². The first-order chi connectivity index (χ1) is 15.6. The smallest absolute Gasteiger partial charge is 0.224 e. The van der Waals surface area contributed by atoms with Gasteiger partial charge in [0.2, 0.25) is 5.91 Å². The number of rotatable bonds is 0. The van der Waals surface area contributed by atoms with Crippen LogP contribution < -0.4 is 4.90 Å². The van der Waals surface area contributed by atoms with E-state index in [1.165, 1.54) is 24.0 Å². The Labute approximate surface area is 207 Å². The topological polar surface area (TPSA) is 40.5 Å². The van der Waals surface area contributed by atoms with E-state index in [2.05, 4.69) is 65.9 Å². The first-order valence-electron chi connectivity index (χ1n) is 13.1. The van der Waals surface area contributed by atoms with Crippen LogP contribution in [0.1, 0.15) is 84.1 Å². The number of hydrogen-bond acceptors (Lipinski definition) is 2. The summed E-state index contributed by atoms with van der Waals surface area (Å²) in [4.78, 5) is 15.2. The molecule has 1 heterocycles. The van der Waals surface area contributed by atoms with Crippen LogP contribution >= 0.6 is 15.9 Å². The van der Waals surface area contributed by atoms with Gasteiger partial charge in [-0.1, -0.05) is 48.4 Å². The number of carbonyl (C=O) groups excluding carboxylic acids is 1. The van der Waals surface area contributed by atoms with Crippen LogP contribution in [-0.4, -0.2) is 23.2 Å². The Morgan fingerprint density at radius 1 is 1.18 bits per heavy atom. The molecule has 33 heavy (non-hydrogen) atoms. The molecule has 3 fully saturated rings. The molecule has 4 aliphatic carbocycles. The number of hydrogen-bond donors (Lipinski definition) is 1. The average molecular weight is 513 g/mol. The van der Waals surface area contributed by atoms with Gasteiger partial charge >= 0.3 is 0 Å². The minimum atomic E-state index is -0.146. The number of aliphatic hydroxyl groups excluding tert-OH is 1. The van der Waals surface area contributed by atoms with Crippen molar-refractivity contribution in [3.8, 4) is 0 Å². The highest BCUT2D eigenvalue weighted by Crippen LogP contribution is 2.69. The summed E-state index contributed by atoms with van der Waals surface area (Å²) in [5.74, 6) is 3.25. The molecule has 0 radical (unpaired) electrons. The van der Waals surface area contributed by atoms with E-state index >= 15 is 0 Å². The fourth-order valence-electron chi connectivity index (χ4n) is 9.75. The number of amides is 1. The molecule has 0 aromatic heterocycles. The number of halogens is 1. The Hall–Kier alpha value is -1.13. The molecule has 4 heteroatoms. The monoisotopic (exact) mass is 511 g/mol. The van der Waals surface area contributed by atoms with E-state index in [0.29, 0.717) is 29.7 Å². The second-order valence-corrected chi connectivity index (χ2v) is 13.3. The van der Waals surface area contributed by atoms with Crippen molar-refractivity contribution in [3.05, 3.63) is 39.9 Å². The minimum absolute atomic E-state index is 0.146. The van der Waals surface area contributed by atoms with Gasteiger partial charge in [-0.3, -0.25) is 4.79 Å². The molecule has 3 saturated carbocycles. The molecule has 1 N–H and O–H groups in total. The second-order valence-electron chi connectivity index (χ2n) is 12.4. The van der Waals surface area contributed by atoms with Crippen molar-refractivity contribution in [2.45, 2.75) is 90.7 Å². The Kier molecular flexibility index (Phi) is 5.03. The second kappa shape index (κ2) is 7.43. The summed E-state index contributed by atoms with van der Waals surface area (Å²) in [5, 5.41) is 10.3. The van der Waals surface area contributed by atoms with Crippen LogP contribution in [0.25, 0.3) is 0 Å². The fraction of sp³-hybridized carbons (Fsp3) is 0.690. The molecule has 1 amide bonds. The van der Waals surface area contributed by atoms with Gasteiger partial charge in [-0.15, -0.1) is 0 Å². The number of nitrogens with zero attached hydrogens (tertiary/aromatic N) is 1. The molecule has 178 valence electrons. The third-order valence-corrected chi connectivity index (χ3v) is 11.6. The summed E-state index contributed by atoms with van der Waals surface area (Å²) in [6, 6.07) is 6.82. The summed E-state index contributed by atoms with van der Waals surface area (Å²) in [6.07, 6.45) is 10.2. The van der Waals surface area contributed by atoms with E-state index < -0.39 is 0 Å². The molecule has 6 rings (SSSR count). The first-order valence-corrected chi connectivity index (χ1v) is 13.9. The lowest BCUT2D eigenvalue weighted by molar-refractivity contribution is -0.117. The van der Waals surface area contributed by atoms with Crippen molar-refractivity contribution in [1.29, 1.82) is 0 Å². The zero-order valence-electron chi connectivity index (χ0n) is 20.5. The maximum atomic E-state index is 13.0. The molecule has 1 aliphatic heterocycles. The minimum Gasteiger partial charge on any atom is -0.393 e. The summed E-state index contributed by atoms with van der Waals surface area (Å²) < 4.78 is 1.11. The lowest BCUT2D eigenvalue weighted by Gasteiger charge is -2.58. The molecule has 1 aromatic carbocycles. The standard InChI is InChI=1S/C29H38BrNO2/c1-16-22-14-19(30)6-8-25(22)31(17(2)32)26-15-24-21-7-5-18-13-20(33)9-11-28(18,3)23(21)10-12-29(24,4)27(16)26/h5-6,8,14,16,20-21,23-24,26-27,33H,7,9-13,15H2,1-4H3/t16-,20+,21-,23+,24+,26-,27+,28+,29+/m1/s1. The molecular formula is C29H38BrNO2. The highest BCUT2D eigenvalue weighted by atomic mass is 79.9. The molecular weight excluding hydrogens is 474 g/mol. The normalized spacial score (nSPS) is 45.8. The Balaban J connectivity index is 1.41. The van der Waals surface area contributed by atoms with Gasteiger partial charge in [0.25, 0.3) is 0 Å². The van der Waals surface area contributed by atoms with E-state index in [-0.39, 0.29) is 22.8 Å². The number of anilines is 1.